The number of nitrogens with zero attached hydrogens (tertiary/aromatic N) is 1. The number of benzene rings is 2. The third kappa shape index (κ3) is 4.19. The summed E-state index contributed by atoms with van der Waals surface area (Å²) < 4.78 is 32.4. The van der Waals surface area contributed by atoms with Crippen LogP contribution in [0, 0.1) is 10.1 Å². The van der Waals surface area contributed by atoms with Gasteiger partial charge >= 0.3 is 0 Å². The first-order valence-electron chi connectivity index (χ1n) is 6.93. The molecule has 0 radical (unpaired) electrons. The second-order valence-electron chi connectivity index (χ2n) is 4.70. The van der Waals surface area contributed by atoms with Crippen molar-refractivity contribution in [3.63, 3.8) is 0 Å². The molecule has 2 aromatic carbocycles. The van der Waals surface area contributed by atoms with Crippen molar-refractivity contribution in [1.82, 2.24) is 0 Å². The Morgan fingerprint density at radius 1 is 1.13 bits per heavy atom. The minimum absolute atomic E-state index is 0.298. The standard InChI is InChI=1S/C15H16N2O5S/c1-2-11-22-13-9-7-12(8-10-13)16-23(20,21)15-6-4-3-5-14(15)17(18)19/h3-10,16H,2,11H2,1H3. The Morgan fingerprint density at radius 3 is 2.39 bits per heavy atom. The number of nitro groups is 1. The van der Waals surface area contributed by atoms with Gasteiger partial charge in [0.15, 0.2) is 4.90 Å². The normalized spacial score (nSPS) is 11.0. The van der Waals surface area contributed by atoms with Gasteiger partial charge in [0.2, 0.25) is 0 Å². The van der Waals surface area contributed by atoms with E-state index in [-0.39, 0.29) is 4.90 Å². The fourth-order valence-electron chi connectivity index (χ4n) is 1.88. The van der Waals surface area contributed by atoms with Gasteiger partial charge in [-0.1, -0.05) is 19.1 Å². The van der Waals surface area contributed by atoms with Crippen molar-refractivity contribution in [1.29, 1.82) is 0 Å². The van der Waals surface area contributed by atoms with Crippen LogP contribution in [0.5, 0.6) is 5.75 Å². The molecule has 0 aliphatic heterocycles. The predicted octanol–water partition coefficient (Wildman–Crippen LogP) is 3.18. The fourth-order valence-corrected chi connectivity index (χ4v) is 3.12. The van der Waals surface area contributed by atoms with Crippen LogP contribution in [0.2, 0.25) is 0 Å². The van der Waals surface area contributed by atoms with E-state index in [2.05, 4.69) is 4.72 Å². The van der Waals surface area contributed by atoms with Crippen LogP contribution in [0.1, 0.15) is 13.3 Å². The van der Waals surface area contributed by atoms with E-state index in [1.807, 2.05) is 6.92 Å². The molecule has 0 atom stereocenters. The van der Waals surface area contributed by atoms with Crippen molar-refractivity contribution in [3.05, 3.63) is 58.6 Å². The fraction of sp³-hybridized carbons (Fsp3) is 0.200. The third-order valence-electron chi connectivity index (χ3n) is 2.93. The summed E-state index contributed by atoms with van der Waals surface area (Å²) in [5.74, 6) is 0.625. The molecular formula is C15H16N2O5S. The lowest BCUT2D eigenvalue weighted by atomic mass is 10.3. The van der Waals surface area contributed by atoms with E-state index in [1.54, 1.807) is 12.1 Å². The maximum Gasteiger partial charge on any atom is 0.289 e. The van der Waals surface area contributed by atoms with E-state index < -0.39 is 20.6 Å². The number of anilines is 1. The van der Waals surface area contributed by atoms with E-state index in [1.165, 1.54) is 30.3 Å². The molecule has 0 amide bonds. The van der Waals surface area contributed by atoms with Crippen molar-refractivity contribution in [2.24, 2.45) is 0 Å². The lowest BCUT2D eigenvalue weighted by molar-refractivity contribution is -0.387. The molecule has 8 heteroatoms. The molecule has 122 valence electrons. The molecule has 0 unspecified atom stereocenters. The Balaban J connectivity index is 2.23. The molecule has 23 heavy (non-hydrogen) atoms. The second-order valence-corrected chi connectivity index (χ2v) is 6.35. The Hall–Kier alpha value is -2.61. The van der Waals surface area contributed by atoms with Gasteiger partial charge < -0.3 is 4.74 Å². The van der Waals surface area contributed by atoms with Gasteiger partial charge in [0, 0.05) is 11.8 Å². The topological polar surface area (TPSA) is 98.5 Å². The van der Waals surface area contributed by atoms with E-state index in [4.69, 9.17) is 4.74 Å². The summed E-state index contributed by atoms with van der Waals surface area (Å²) in [6, 6.07) is 11.5. The predicted molar refractivity (Wildman–Crippen MR) is 86.1 cm³/mol. The van der Waals surface area contributed by atoms with Gasteiger partial charge in [-0.05, 0) is 36.8 Å². The van der Waals surface area contributed by atoms with Gasteiger partial charge in [-0.3, -0.25) is 14.8 Å². The molecule has 0 fully saturated rings. The summed E-state index contributed by atoms with van der Waals surface area (Å²) in [5, 5.41) is 11.0. The highest BCUT2D eigenvalue weighted by molar-refractivity contribution is 7.92. The quantitative estimate of drug-likeness (QED) is 0.618. The number of nitro benzene ring substituents is 1. The Bertz CT molecular complexity index is 788. The van der Waals surface area contributed by atoms with Crippen molar-refractivity contribution in [2.75, 3.05) is 11.3 Å². The number of ether oxygens (including phenoxy) is 1. The van der Waals surface area contributed by atoms with Crippen molar-refractivity contribution >= 4 is 21.4 Å². The van der Waals surface area contributed by atoms with E-state index >= 15 is 0 Å². The van der Waals surface area contributed by atoms with E-state index in [0.717, 1.165) is 12.5 Å². The van der Waals surface area contributed by atoms with Crippen LogP contribution in [0.4, 0.5) is 11.4 Å². The number of hydrogen-bond donors (Lipinski definition) is 1. The Morgan fingerprint density at radius 2 is 1.78 bits per heavy atom. The largest absolute Gasteiger partial charge is 0.494 e. The van der Waals surface area contributed by atoms with Crippen LogP contribution < -0.4 is 9.46 Å². The highest BCUT2D eigenvalue weighted by atomic mass is 32.2. The van der Waals surface area contributed by atoms with Crippen molar-refractivity contribution in [3.8, 4) is 5.75 Å². The maximum absolute atomic E-state index is 12.3. The number of nitrogens with one attached hydrogen (secondary N) is 1. The lowest BCUT2D eigenvalue weighted by Gasteiger charge is -2.09. The average Bonchev–Trinajstić information content (AvgIpc) is 2.54. The summed E-state index contributed by atoms with van der Waals surface area (Å²) >= 11 is 0. The van der Waals surface area contributed by atoms with Gasteiger partial charge in [0.25, 0.3) is 15.7 Å². The number of para-hydroxylation sites is 1. The minimum Gasteiger partial charge on any atom is -0.494 e. The first-order valence-corrected chi connectivity index (χ1v) is 8.41. The highest BCUT2D eigenvalue weighted by Gasteiger charge is 2.25. The molecular weight excluding hydrogens is 320 g/mol. The maximum atomic E-state index is 12.3. The van der Waals surface area contributed by atoms with Crippen LogP contribution in [-0.2, 0) is 10.0 Å². The SMILES string of the molecule is CCCOc1ccc(NS(=O)(=O)c2ccccc2[N+](=O)[O-])cc1. The molecule has 0 saturated heterocycles. The average molecular weight is 336 g/mol. The smallest absolute Gasteiger partial charge is 0.289 e. The van der Waals surface area contributed by atoms with Crippen LogP contribution in [0.25, 0.3) is 0 Å². The lowest BCUT2D eigenvalue weighted by Crippen LogP contribution is -2.14. The monoisotopic (exact) mass is 336 g/mol. The van der Waals surface area contributed by atoms with Gasteiger partial charge in [-0.25, -0.2) is 8.42 Å². The Kier molecular flexibility index (Phi) is 5.17. The van der Waals surface area contributed by atoms with E-state index in [9.17, 15) is 18.5 Å². The van der Waals surface area contributed by atoms with Gasteiger partial charge in [-0.15, -0.1) is 0 Å². The van der Waals surface area contributed by atoms with Gasteiger partial charge in [0.1, 0.15) is 5.75 Å². The molecule has 0 bridgehead atoms. The first kappa shape index (κ1) is 16.8. The van der Waals surface area contributed by atoms with Gasteiger partial charge in [0.05, 0.1) is 11.5 Å². The van der Waals surface area contributed by atoms with Crippen molar-refractivity contribution < 1.29 is 18.1 Å². The minimum atomic E-state index is -4.05. The molecule has 7 nitrogen and oxygen atoms in total. The van der Waals surface area contributed by atoms with Gasteiger partial charge in [-0.2, -0.15) is 0 Å². The van der Waals surface area contributed by atoms with E-state index in [0.29, 0.717) is 18.0 Å². The molecule has 0 saturated carbocycles. The van der Waals surface area contributed by atoms with Crippen LogP contribution >= 0.6 is 0 Å². The van der Waals surface area contributed by atoms with Crippen LogP contribution in [0.3, 0.4) is 0 Å². The Labute approximate surface area is 134 Å². The summed E-state index contributed by atoms with van der Waals surface area (Å²) in [4.78, 5) is 9.86. The summed E-state index contributed by atoms with van der Waals surface area (Å²) in [5.41, 5.74) is -0.171. The first-order chi connectivity index (χ1) is 10.9. The van der Waals surface area contributed by atoms with Crippen LogP contribution in [0.15, 0.2) is 53.4 Å². The third-order valence-corrected chi connectivity index (χ3v) is 4.36. The molecule has 0 heterocycles. The molecule has 0 aliphatic carbocycles. The number of rotatable bonds is 7. The molecule has 0 aromatic heterocycles. The van der Waals surface area contributed by atoms with Crippen molar-refractivity contribution in [2.45, 2.75) is 18.2 Å². The molecule has 2 rings (SSSR count). The molecule has 0 spiro atoms. The molecule has 0 aliphatic rings. The number of sulfonamides is 1. The highest BCUT2D eigenvalue weighted by Crippen LogP contribution is 2.26. The summed E-state index contributed by atoms with van der Waals surface area (Å²) in [7, 11) is -4.05. The number of hydrogen-bond acceptors (Lipinski definition) is 5. The summed E-state index contributed by atoms with van der Waals surface area (Å²) in [6.07, 6.45) is 0.867. The second kappa shape index (κ2) is 7.10. The molecule has 2 aromatic rings. The summed E-state index contributed by atoms with van der Waals surface area (Å²) in [6.45, 7) is 2.55. The van der Waals surface area contributed by atoms with Crippen LogP contribution in [-0.4, -0.2) is 19.9 Å². The zero-order chi connectivity index (χ0) is 16.9. The molecule has 1 N–H and O–H groups in total. The zero-order valence-corrected chi connectivity index (χ0v) is 13.2. The zero-order valence-electron chi connectivity index (χ0n) is 12.4.